The number of carbonyl (C=O) groups excluding carboxylic acids is 1. The Balaban J connectivity index is 1.69. The van der Waals surface area contributed by atoms with Crippen molar-refractivity contribution in [2.24, 2.45) is 5.92 Å². The number of nitrogens with zero attached hydrogens (tertiary/aromatic N) is 1. The molecule has 0 bridgehead atoms. The second kappa shape index (κ2) is 5.64. The Bertz CT molecular complexity index is 531. The van der Waals surface area contributed by atoms with Crippen molar-refractivity contribution in [3.8, 4) is 0 Å². The standard InChI is InChI=1S/C16H21FN2O2/c1-16(13-5-7-18-8-6-13)11-19(15(20)21-16)10-12-3-2-4-14(17)9-12/h2-4,9,13,18H,5-8,10-11H2,1H3. The van der Waals surface area contributed by atoms with Crippen LogP contribution in [0.4, 0.5) is 9.18 Å². The average Bonchev–Trinajstić information content (AvgIpc) is 2.76. The SMILES string of the molecule is CC1(C2CCNCC2)CN(Cc2cccc(F)c2)C(=O)O1. The first-order chi connectivity index (χ1) is 10.1. The molecule has 2 aliphatic heterocycles. The first-order valence-corrected chi connectivity index (χ1v) is 7.50. The number of nitrogens with one attached hydrogen (secondary N) is 1. The van der Waals surface area contributed by atoms with E-state index >= 15 is 0 Å². The Labute approximate surface area is 124 Å². The fourth-order valence-corrected chi connectivity index (χ4v) is 3.36. The fourth-order valence-electron chi connectivity index (χ4n) is 3.36. The molecule has 1 aromatic rings. The Morgan fingerprint density at radius 1 is 1.43 bits per heavy atom. The minimum absolute atomic E-state index is 0.277. The minimum atomic E-state index is -0.424. The average molecular weight is 292 g/mol. The number of cyclic esters (lactones) is 1. The van der Waals surface area contributed by atoms with Crippen molar-refractivity contribution in [1.82, 2.24) is 10.2 Å². The molecule has 21 heavy (non-hydrogen) atoms. The zero-order valence-corrected chi connectivity index (χ0v) is 12.3. The topological polar surface area (TPSA) is 41.6 Å². The minimum Gasteiger partial charge on any atom is -0.441 e. The van der Waals surface area contributed by atoms with Crippen LogP contribution in [0.25, 0.3) is 0 Å². The molecule has 1 aromatic carbocycles. The number of amides is 1. The molecule has 4 nitrogen and oxygen atoms in total. The molecule has 0 saturated carbocycles. The Morgan fingerprint density at radius 3 is 2.90 bits per heavy atom. The van der Waals surface area contributed by atoms with Gasteiger partial charge in [-0.1, -0.05) is 12.1 Å². The van der Waals surface area contributed by atoms with Gasteiger partial charge in [-0.25, -0.2) is 9.18 Å². The summed E-state index contributed by atoms with van der Waals surface area (Å²) < 4.78 is 18.9. The van der Waals surface area contributed by atoms with Gasteiger partial charge in [0.05, 0.1) is 6.54 Å². The molecule has 0 aromatic heterocycles. The number of halogens is 1. The molecule has 5 heteroatoms. The highest BCUT2D eigenvalue weighted by atomic mass is 19.1. The Morgan fingerprint density at radius 2 is 2.19 bits per heavy atom. The lowest BCUT2D eigenvalue weighted by molar-refractivity contribution is 0.00943. The van der Waals surface area contributed by atoms with Gasteiger partial charge >= 0.3 is 6.09 Å². The molecule has 114 valence electrons. The van der Waals surface area contributed by atoms with Gasteiger partial charge in [-0.3, -0.25) is 4.90 Å². The van der Waals surface area contributed by atoms with Crippen molar-refractivity contribution in [2.75, 3.05) is 19.6 Å². The lowest BCUT2D eigenvalue weighted by Gasteiger charge is -2.34. The van der Waals surface area contributed by atoms with Crippen molar-refractivity contribution in [1.29, 1.82) is 0 Å². The van der Waals surface area contributed by atoms with E-state index in [0.717, 1.165) is 31.5 Å². The van der Waals surface area contributed by atoms with Gasteiger partial charge in [0.2, 0.25) is 0 Å². The molecular formula is C16H21FN2O2. The molecule has 0 aliphatic carbocycles. The van der Waals surface area contributed by atoms with Crippen LogP contribution in [0.1, 0.15) is 25.3 Å². The molecule has 0 radical (unpaired) electrons. The molecule has 1 atom stereocenters. The van der Waals surface area contributed by atoms with Crippen molar-refractivity contribution in [3.05, 3.63) is 35.6 Å². The lowest BCUT2D eigenvalue weighted by Crippen LogP contribution is -2.44. The predicted molar refractivity (Wildman–Crippen MR) is 77.3 cm³/mol. The molecule has 0 spiro atoms. The van der Waals surface area contributed by atoms with Gasteiger partial charge in [-0.05, 0) is 50.6 Å². The summed E-state index contributed by atoms with van der Waals surface area (Å²) in [6, 6.07) is 6.37. The molecule has 1 amide bonds. The third-order valence-electron chi connectivity index (χ3n) is 4.55. The van der Waals surface area contributed by atoms with Gasteiger partial charge in [0.1, 0.15) is 11.4 Å². The summed E-state index contributed by atoms with van der Waals surface area (Å²) in [5, 5.41) is 3.33. The molecule has 2 saturated heterocycles. The van der Waals surface area contributed by atoms with Crippen LogP contribution in [0.5, 0.6) is 0 Å². The van der Waals surface area contributed by atoms with Crippen molar-refractivity contribution < 1.29 is 13.9 Å². The van der Waals surface area contributed by atoms with Crippen LogP contribution in [0.3, 0.4) is 0 Å². The number of rotatable bonds is 3. The largest absolute Gasteiger partial charge is 0.441 e. The summed E-state index contributed by atoms with van der Waals surface area (Å²) in [6.45, 7) is 4.94. The van der Waals surface area contributed by atoms with Crippen LogP contribution in [-0.4, -0.2) is 36.2 Å². The van der Waals surface area contributed by atoms with Crippen LogP contribution in [0.15, 0.2) is 24.3 Å². The van der Waals surface area contributed by atoms with E-state index in [1.165, 1.54) is 12.1 Å². The summed E-state index contributed by atoms with van der Waals surface area (Å²) in [4.78, 5) is 13.8. The molecule has 2 aliphatic rings. The van der Waals surface area contributed by atoms with E-state index in [0.29, 0.717) is 19.0 Å². The second-order valence-electron chi connectivity index (χ2n) is 6.19. The van der Waals surface area contributed by atoms with Gasteiger partial charge in [0.25, 0.3) is 0 Å². The van der Waals surface area contributed by atoms with E-state index in [1.807, 2.05) is 13.0 Å². The van der Waals surface area contributed by atoms with Crippen LogP contribution in [-0.2, 0) is 11.3 Å². The van der Waals surface area contributed by atoms with Gasteiger partial charge in [0, 0.05) is 12.5 Å². The Hall–Kier alpha value is -1.62. The van der Waals surface area contributed by atoms with Crippen LogP contribution in [0.2, 0.25) is 0 Å². The van der Waals surface area contributed by atoms with E-state index in [1.54, 1.807) is 11.0 Å². The number of piperidine rings is 1. The normalized spacial score (nSPS) is 27.0. The van der Waals surface area contributed by atoms with Gasteiger partial charge < -0.3 is 10.1 Å². The van der Waals surface area contributed by atoms with E-state index in [9.17, 15) is 9.18 Å². The van der Waals surface area contributed by atoms with Crippen molar-refractivity contribution in [3.63, 3.8) is 0 Å². The van der Waals surface area contributed by atoms with Crippen molar-refractivity contribution in [2.45, 2.75) is 31.9 Å². The van der Waals surface area contributed by atoms with E-state index < -0.39 is 5.60 Å². The zero-order valence-electron chi connectivity index (χ0n) is 12.3. The van der Waals surface area contributed by atoms with E-state index in [2.05, 4.69) is 5.32 Å². The maximum Gasteiger partial charge on any atom is 0.410 e. The van der Waals surface area contributed by atoms with E-state index in [4.69, 9.17) is 4.74 Å². The maximum absolute atomic E-state index is 13.2. The molecule has 1 unspecified atom stereocenters. The van der Waals surface area contributed by atoms with Gasteiger partial charge in [0.15, 0.2) is 0 Å². The highest BCUT2D eigenvalue weighted by molar-refractivity contribution is 5.70. The smallest absolute Gasteiger partial charge is 0.410 e. The Kier molecular flexibility index (Phi) is 3.85. The molecular weight excluding hydrogens is 271 g/mol. The summed E-state index contributed by atoms with van der Waals surface area (Å²) in [5.74, 6) is 0.112. The number of benzene rings is 1. The number of hydrogen-bond donors (Lipinski definition) is 1. The molecule has 3 rings (SSSR count). The fraction of sp³-hybridized carbons (Fsp3) is 0.562. The van der Waals surface area contributed by atoms with Crippen LogP contribution >= 0.6 is 0 Å². The van der Waals surface area contributed by atoms with Crippen molar-refractivity contribution >= 4 is 6.09 Å². The third-order valence-corrected chi connectivity index (χ3v) is 4.55. The molecule has 1 N–H and O–H groups in total. The monoisotopic (exact) mass is 292 g/mol. The van der Waals surface area contributed by atoms with Gasteiger partial charge in [-0.2, -0.15) is 0 Å². The first kappa shape index (κ1) is 14.3. The van der Waals surface area contributed by atoms with E-state index in [-0.39, 0.29) is 11.9 Å². The summed E-state index contributed by atoms with van der Waals surface area (Å²) in [6.07, 6.45) is 1.76. The van der Waals surface area contributed by atoms with Gasteiger partial charge in [-0.15, -0.1) is 0 Å². The van der Waals surface area contributed by atoms with Crippen LogP contribution in [0, 0.1) is 11.7 Å². The first-order valence-electron chi connectivity index (χ1n) is 7.50. The predicted octanol–water partition coefficient (Wildman–Crippen LogP) is 2.54. The number of hydrogen-bond acceptors (Lipinski definition) is 3. The number of carbonyl (C=O) groups is 1. The number of ether oxygens (including phenoxy) is 1. The third kappa shape index (κ3) is 3.02. The lowest BCUT2D eigenvalue weighted by atomic mass is 9.82. The van der Waals surface area contributed by atoms with Crippen LogP contribution < -0.4 is 5.32 Å². The summed E-state index contributed by atoms with van der Waals surface area (Å²) in [5.41, 5.74) is 0.369. The zero-order chi connectivity index (χ0) is 14.9. The molecule has 2 fully saturated rings. The quantitative estimate of drug-likeness (QED) is 0.931. The summed E-state index contributed by atoms with van der Waals surface area (Å²) in [7, 11) is 0. The highest BCUT2D eigenvalue weighted by Crippen LogP contribution is 2.35. The highest BCUT2D eigenvalue weighted by Gasteiger charge is 2.46. The summed E-state index contributed by atoms with van der Waals surface area (Å²) >= 11 is 0. The second-order valence-corrected chi connectivity index (χ2v) is 6.19. The molecule has 2 heterocycles. The maximum atomic E-state index is 13.2.